The molecule has 1 heterocycles. The molecule has 0 aliphatic heterocycles. The van der Waals surface area contributed by atoms with Gasteiger partial charge in [-0.05, 0) is 13.8 Å². The summed E-state index contributed by atoms with van der Waals surface area (Å²) in [6.07, 6.45) is 0.319. The van der Waals surface area contributed by atoms with Crippen LogP contribution in [-0.4, -0.2) is 17.1 Å². The van der Waals surface area contributed by atoms with Gasteiger partial charge >= 0.3 is 0 Å². The number of aryl methyl sites for hydroxylation is 2. The highest BCUT2D eigenvalue weighted by atomic mass is 32.1. The van der Waals surface area contributed by atoms with Gasteiger partial charge in [0.1, 0.15) is 4.88 Å². The minimum absolute atomic E-state index is 0.319. The Labute approximate surface area is 68.1 Å². The lowest BCUT2D eigenvalue weighted by atomic mass is 10.3. The summed E-state index contributed by atoms with van der Waals surface area (Å²) >= 11 is 1.26. The van der Waals surface area contributed by atoms with E-state index in [0.29, 0.717) is 16.9 Å². The van der Waals surface area contributed by atoms with Gasteiger partial charge in [-0.15, -0.1) is 11.3 Å². The molecule has 0 aromatic carbocycles. The lowest BCUT2D eigenvalue weighted by Gasteiger charge is -1.84. The molecule has 0 amide bonds. The van der Waals surface area contributed by atoms with Crippen molar-refractivity contribution in [3.63, 3.8) is 0 Å². The maximum atomic E-state index is 10.8. The van der Waals surface area contributed by atoms with E-state index in [-0.39, 0.29) is 0 Å². The first kappa shape index (κ1) is 8.07. The lowest BCUT2D eigenvalue weighted by Crippen LogP contribution is -1.98. The molecule has 0 unspecified atom stereocenters. The number of nitrogens with zero attached hydrogens (tertiary/aromatic N) is 1. The Morgan fingerprint density at radius 1 is 1.55 bits per heavy atom. The number of carbonyl (C=O) groups excluding carboxylic acids is 2. The molecule has 0 saturated carbocycles. The molecular weight excluding hydrogens is 162 g/mol. The number of Topliss-reactive ketones (excluding diaryl/α,β-unsaturated/α-hetero) is 1. The highest BCUT2D eigenvalue weighted by Crippen LogP contribution is 2.16. The number of hydrogen-bond donors (Lipinski definition) is 0. The predicted molar refractivity (Wildman–Crippen MR) is 42.0 cm³/mol. The first-order chi connectivity index (χ1) is 5.15. The second-order valence-electron chi connectivity index (χ2n) is 2.13. The summed E-state index contributed by atoms with van der Waals surface area (Å²) in [7, 11) is 0. The number of aromatic nitrogens is 1. The lowest BCUT2D eigenvalue weighted by molar-refractivity contribution is -0.104. The standard InChI is InChI=1S/C7H7NO2S/c1-4-7(6(10)3-9)11-5(2)8-4/h3H,1-2H3. The first-order valence-corrected chi connectivity index (χ1v) is 3.90. The Balaban J connectivity index is 3.12. The molecule has 0 radical (unpaired) electrons. The van der Waals surface area contributed by atoms with E-state index in [4.69, 9.17) is 0 Å². The van der Waals surface area contributed by atoms with Crippen LogP contribution in [0.15, 0.2) is 0 Å². The van der Waals surface area contributed by atoms with Gasteiger partial charge in [0.05, 0.1) is 10.7 Å². The average Bonchev–Trinajstić information content (AvgIpc) is 2.28. The molecule has 1 aromatic rings. The fraction of sp³-hybridized carbons (Fsp3) is 0.286. The van der Waals surface area contributed by atoms with Crippen LogP contribution in [0.25, 0.3) is 0 Å². The molecule has 0 N–H and O–H groups in total. The van der Waals surface area contributed by atoms with Gasteiger partial charge in [0.25, 0.3) is 0 Å². The average molecular weight is 169 g/mol. The van der Waals surface area contributed by atoms with Crippen molar-refractivity contribution in [3.05, 3.63) is 15.6 Å². The van der Waals surface area contributed by atoms with E-state index in [9.17, 15) is 9.59 Å². The zero-order valence-corrected chi connectivity index (χ0v) is 7.07. The summed E-state index contributed by atoms with van der Waals surface area (Å²) in [6.45, 7) is 3.53. The molecule has 0 aliphatic carbocycles. The van der Waals surface area contributed by atoms with E-state index in [1.54, 1.807) is 13.8 Å². The zero-order valence-electron chi connectivity index (χ0n) is 6.25. The van der Waals surface area contributed by atoms with Crippen LogP contribution < -0.4 is 0 Å². The largest absolute Gasteiger partial charge is 0.294 e. The molecule has 0 fully saturated rings. The minimum Gasteiger partial charge on any atom is -0.294 e. The number of aldehydes is 1. The molecule has 0 spiro atoms. The molecule has 1 aromatic heterocycles. The highest BCUT2D eigenvalue weighted by Gasteiger charge is 2.11. The molecular formula is C7H7NO2S. The van der Waals surface area contributed by atoms with Crippen molar-refractivity contribution < 1.29 is 9.59 Å². The topological polar surface area (TPSA) is 47.0 Å². The maximum Gasteiger partial charge on any atom is 0.237 e. The third kappa shape index (κ3) is 1.51. The molecule has 58 valence electrons. The minimum atomic E-state index is -0.479. The van der Waals surface area contributed by atoms with Gasteiger partial charge in [-0.2, -0.15) is 0 Å². The van der Waals surface area contributed by atoms with Crippen LogP contribution in [0, 0.1) is 13.8 Å². The molecule has 0 aliphatic rings. The van der Waals surface area contributed by atoms with Gasteiger partial charge in [-0.25, -0.2) is 4.98 Å². The van der Waals surface area contributed by atoms with E-state index in [1.807, 2.05) is 0 Å². The fourth-order valence-corrected chi connectivity index (χ4v) is 1.63. The van der Waals surface area contributed by atoms with E-state index in [0.717, 1.165) is 5.01 Å². The molecule has 1 rings (SSSR count). The third-order valence-electron chi connectivity index (χ3n) is 1.23. The van der Waals surface area contributed by atoms with Crippen LogP contribution in [0.3, 0.4) is 0 Å². The van der Waals surface area contributed by atoms with Crippen molar-refractivity contribution in [2.45, 2.75) is 13.8 Å². The summed E-state index contributed by atoms with van der Waals surface area (Å²) in [5.74, 6) is -0.479. The Bertz CT molecular complexity index is 303. The van der Waals surface area contributed by atoms with Crippen LogP contribution in [0.5, 0.6) is 0 Å². The normalized spacial score (nSPS) is 9.64. The van der Waals surface area contributed by atoms with Gasteiger partial charge < -0.3 is 0 Å². The number of ketones is 1. The van der Waals surface area contributed by atoms with Crippen molar-refractivity contribution in [1.29, 1.82) is 0 Å². The summed E-state index contributed by atoms with van der Waals surface area (Å²) in [6, 6.07) is 0. The third-order valence-corrected chi connectivity index (χ3v) is 2.32. The van der Waals surface area contributed by atoms with Crippen LogP contribution >= 0.6 is 11.3 Å². The maximum absolute atomic E-state index is 10.8. The second-order valence-corrected chi connectivity index (χ2v) is 3.33. The van der Waals surface area contributed by atoms with Crippen LogP contribution in [0.2, 0.25) is 0 Å². The van der Waals surface area contributed by atoms with Crippen molar-refractivity contribution in [3.8, 4) is 0 Å². The van der Waals surface area contributed by atoms with Crippen molar-refractivity contribution >= 4 is 23.4 Å². The Morgan fingerprint density at radius 2 is 2.18 bits per heavy atom. The number of hydrogen-bond acceptors (Lipinski definition) is 4. The molecule has 11 heavy (non-hydrogen) atoms. The Morgan fingerprint density at radius 3 is 2.55 bits per heavy atom. The SMILES string of the molecule is Cc1nc(C)c(C(=O)C=O)s1. The summed E-state index contributed by atoms with van der Waals surface area (Å²) in [5.41, 5.74) is 0.643. The van der Waals surface area contributed by atoms with Gasteiger partial charge in [0.2, 0.25) is 5.78 Å². The Hall–Kier alpha value is -1.03. The summed E-state index contributed by atoms with van der Waals surface area (Å²) in [5, 5.41) is 0.813. The predicted octanol–water partition coefficient (Wildman–Crippen LogP) is 1.14. The van der Waals surface area contributed by atoms with Gasteiger partial charge in [-0.3, -0.25) is 9.59 Å². The molecule has 0 atom stereocenters. The highest BCUT2D eigenvalue weighted by molar-refractivity contribution is 7.14. The smallest absolute Gasteiger partial charge is 0.237 e. The van der Waals surface area contributed by atoms with Gasteiger partial charge in [0, 0.05) is 0 Å². The van der Waals surface area contributed by atoms with E-state index < -0.39 is 5.78 Å². The van der Waals surface area contributed by atoms with Gasteiger partial charge in [-0.1, -0.05) is 0 Å². The second kappa shape index (κ2) is 2.92. The molecule has 4 heteroatoms. The number of rotatable bonds is 2. The number of thiazole rings is 1. The fourth-order valence-electron chi connectivity index (χ4n) is 0.813. The van der Waals surface area contributed by atoms with Crippen molar-refractivity contribution in [1.82, 2.24) is 4.98 Å². The summed E-state index contributed by atoms with van der Waals surface area (Å²) in [4.78, 5) is 25.4. The summed E-state index contributed by atoms with van der Waals surface area (Å²) < 4.78 is 0. The zero-order chi connectivity index (χ0) is 8.43. The van der Waals surface area contributed by atoms with Crippen LogP contribution in [0.1, 0.15) is 20.4 Å². The van der Waals surface area contributed by atoms with E-state index in [1.165, 1.54) is 11.3 Å². The van der Waals surface area contributed by atoms with E-state index >= 15 is 0 Å². The molecule has 0 bridgehead atoms. The van der Waals surface area contributed by atoms with Crippen molar-refractivity contribution in [2.24, 2.45) is 0 Å². The Kier molecular flexibility index (Phi) is 2.14. The van der Waals surface area contributed by atoms with Crippen LogP contribution in [-0.2, 0) is 4.79 Å². The number of carbonyl (C=O) groups is 2. The molecule has 0 saturated heterocycles. The van der Waals surface area contributed by atoms with Crippen LogP contribution in [0.4, 0.5) is 0 Å². The quantitative estimate of drug-likeness (QED) is 0.379. The monoisotopic (exact) mass is 169 g/mol. The molecule has 3 nitrogen and oxygen atoms in total. The van der Waals surface area contributed by atoms with Gasteiger partial charge in [0.15, 0.2) is 6.29 Å². The van der Waals surface area contributed by atoms with E-state index in [2.05, 4.69) is 4.98 Å². The first-order valence-electron chi connectivity index (χ1n) is 3.08. The van der Waals surface area contributed by atoms with Crippen molar-refractivity contribution in [2.75, 3.05) is 0 Å².